The van der Waals surface area contributed by atoms with Crippen LogP contribution in [-0.4, -0.2) is 35.3 Å². The second-order valence-electron chi connectivity index (χ2n) is 5.61. The number of hydrogen-bond acceptors (Lipinski definition) is 4. The highest BCUT2D eigenvalue weighted by atomic mass is 16.2. The molecule has 1 atom stereocenters. The number of nitrogens with one attached hydrogen (secondary N) is 1. The van der Waals surface area contributed by atoms with Crippen molar-refractivity contribution in [3.63, 3.8) is 0 Å². The van der Waals surface area contributed by atoms with Gasteiger partial charge in [-0.15, -0.1) is 0 Å². The van der Waals surface area contributed by atoms with Crippen molar-refractivity contribution in [2.45, 2.75) is 32.6 Å². The van der Waals surface area contributed by atoms with Crippen molar-refractivity contribution in [2.75, 3.05) is 24.5 Å². The lowest BCUT2D eigenvalue weighted by Gasteiger charge is -2.33. The highest BCUT2D eigenvalue weighted by Crippen LogP contribution is 2.21. The van der Waals surface area contributed by atoms with Crippen LogP contribution in [0.5, 0.6) is 0 Å². The predicted molar refractivity (Wildman–Crippen MR) is 82.3 cm³/mol. The van der Waals surface area contributed by atoms with Crippen molar-refractivity contribution in [3.05, 3.63) is 22.6 Å². The van der Waals surface area contributed by atoms with E-state index in [0.29, 0.717) is 6.54 Å². The molecule has 1 amide bonds. The Labute approximate surface area is 125 Å². The highest BCUT2D eigenvalue weighted by molar-refractivity contribution is 5.79. The number of carbonyl (C=O) groups is 1. The first-order valence-electron chi connectivity index (χ1n) is 7.68. The van der Waals surface area contributed by atoms with Crippen molar-refractivity contribution in [1.82, 2.24) is 15.1 Å². The maximum atomic E-state index is 12.2. The van der Waals surface area contributed by atoms with Gasteiger partial charge in [0.05, 0.1) is 17.8 Å². The molecule has 1 aromatic rings. The lowest BCUT2D eigenvalue weighted by Crippen LogP contribution is -2.43. The monoisotopic (exact) mass is 292 g/mol. The molecule has 0 saturated carbocycles. The van der Waals surface area contributed by atoms with E-state index < -0.39 is 0 Å². The number of aryl methyl sites for hydroxylation is 1. The Hall–Kier alpha value is -1.85. The van der Waals surface area contributed by atoms with E-state index in [4.69, 9.17) is 0 Å². The fraction of sp³-hybridized carbons (Fsp3) is 0.667. The normalized spacial score (nSPS) is 18.6. The lowest BCUT2D eigenvalue weighted by atomic mass is 9.97. The van der Waals surface area contributed by atoms with Crippen LogP contribution in [0.15, 0.2) is 17.1 Å². The smallest absolute Gasteiger partial charge is 0.268 e. The number of piperidine rings is 1. The summed E-state index contributed by atoms with van der Waals surface area (Å²) in [6.45, 7) is 4.39. The van der Waals surface area contributed by atoms with Crippen LogP contribution in [0.4, 0.5) is 5.69 Å². The Morgan fingerprint density at radius 1 is 1.52 bits per heavy atom. The SMILES string of the molecule is CCCCNC(=O)[C@@H]1CCCN(c2cnn(C)c(=O)c2)C1. The molecule has 0 aromatic carbocycles. The zero-order valence-corrected chi connectivity index (χ0v) is 12.8. The number of unbranched alkanes of at least 4 members (excludes halogenated alkanes) is 1. The average Bonchev–Trinajstić information content (AvgIpc) is 2.50. The Balaban J connectivity index is 1.98. The summed E-state index contributed by atoms with van der Waals surface area (Å²) in [5.74, 6) is 0.129. The minimum Gasteiger partial charge on any atom is -0.369 e. The molecule has 1 aromatic heterocycles. The second-order valence-corrected chi connectivity index (χ2v) is 5.61. The van der Waals surface area contributed by atoms with E-state index in [1.807, 2.05) is 0 Å². The predicted octanol–water partition coefficient (Wildman–Crippen LogP) is 0.913. The summed E-state index contributed by atoms with van der Waals surface area (Å²) in [6, 6.07) is 1.59. The molecule has 0 radical (unpaired) electrons. The van der Waals surface area contributed by atoms with E-state index in [1.165, 1.54) is 4.68 Å². The van der Waals surface area contributed by atoms with Crippen LogP contribution in [0.25, 0.3) is 0 Å². The van der Waals surface area contributed by atoms with E-state index >= 15 is 0 Å². The quantitative estimate of drug-likeness (QED) is 0.819. The Morgan fingerprint density at radius 3 is 3.05 bits per heavy atom. The van der Waals surface area contributed by atoms with Gasteiger partial charge in [0.15, 0.2) is 0 Å². The van der Waals surface area contributed by atoms with Crippen molar-refractivity contribution in [1.29, 1.82) is 0 Å². The topological polar surface area (TPSA) is 67.2 Å². The molecule has 0 aliphatic carbocycles. The standard InChI is InChI=1S/C15H24N4O2/c1-3-4-7-16-15(21)12-6-5-8-19(11-12)13-9-14(20)18(2)17-10-13/h9-10,12H,3-8,11H2,1-2H3,(H,16,21)/t12-/m1/s1. The Kier molecular flexibility index (Phi) is 5.36. The van der Waals surface area contributed by atoms with Crippen LogP contribution < -0.4 is 15.8 Å². The van der Waals surface area contributed by atoms with E-state index in [0.717, 1.165) is 44.5 Å². The van der Waals surface area contributed by atoms with Gasteiger partial charge in [-0.3, -0.25) is 9.59 Å². The molecule has 6 heteroatoms. The van der Waals surface area contributed by atoms with Gasteiger partial charge in [-0.1, -0.05) is 13.3 Å². The van der Waals surface area contributed by atoms with Crippen LogP contribution in [0.1, 0.15) is 32.6 Å². The largest absolute Gasteiger partial charge is 0.369 e. The summed E-state index contributed by atoms with van der Waals surface area (Å²) in [4.78, 5) is 25.9. The number of nitrogens with zero attached hydrogens (tertiary/aromatic N) is 3. The summed E-state index contributed by atoms with van der Waals surface area (Å²) in [5.41, 5.74) is 0.686. The molecule has 0 spiro atoms. The molecule has 1 saturated heterocycles. The van der Waals surface area contributed by atoms with Gasteiger partial charge in [0.25, 0.3) is 5.56 Å². The van der Waals surface area contributed by atoms with Crippen molar-refractivity contribution in [2.24, 2.45) is 13.0 Å². The van der Waals surface area contributed by atoms with Gasteiger partial charge < -0.3 is 10.2 Å². The zero-order chi connectivity index (χ0) is 15.2. The molecule has 2 rings (SSSR count). The van der Waals surface area contributed by atoms with E-state index in [2.05, 4.69) is 22.2 Å². The van der Waals surface area contributed by atoms with Crippen LogP contribution in [0, 0.1) is 5.92 Å². The lowest BCUT2D eigenvalue weighted by molar-refractivity contribution is -0.125. The van der Waals surface area contributed by atoms with Crippen molar-refractivity contribution in [3.8, 4) is 0 Å². The molecular weight excluding hydrogens is 268 g/mol. The summed E-state index contributed by atoms with van der Waals surface area (Å²) in [7, 11) is 1.63. The van der Waals surface area contributed by atoms with Gasteiger partial charge in [-0.2, -0.15) is 5.10 Å². The summed E-state index contributed by atoms with van der Waals surface area (Å²) in [6.07, 6.45) is 5.66. The third kappa shape index (κ3) is 4.06. The van der Waals surface area contributed by atoms with E-state index in [-0.39, 0.29) is 17.4 Å². The highest BCUT2D eigenvalue weighted by Gasteiger charge is 2.26. The van der Waals surface area contributed by atoms with Crippen LogP contribution in [0.3, 0.4) is 0 Å². The van der Waals surface area contributed by atoms with Crippen molar-refractivity contribution >= 4 is 11.6 Å². The van der Waals surface area contributed by atoms with Gasteiger partial charge in [0.1, 0.15) is 0 Å². The molecule has 6 nitrogen and oxygen atoms in total. The van der Waals surface area contributed by atoms with Gasteiger partial charge >= 0.3 is 0 Å². The van der Waals surface area contributed by atoms with Gasteiger partial charge in [-0.05, 0) is 19.3 Å². The Bertz CT molecular complexity index is 541. The molecule has 0 bridgehead atoms. The molecule has 2 heterocycles. The van der Waals surface area contributed by atoms with Gasteiger partial charge in [0, 0.05) is 32.7 Å². The molecule has 1 fully saturated rings. The molecule has 21 heavy (non-hydrogen) atoms. The number of hydrogen-bond donors (Lipinski definition) is 1. The first kappa shape index (κ1) is 15.5. The number of aromatic nitrogens is 2. The molecule has 1 aliphatic rings. The number of anilines is 1. The summed E-state index contributed by atoms with van der Waals surface area (Å²) >= 11 is 0. The van der Waals surface area contributed by atoms with E-state index in [1.54, 1.807) is 19.3 Å². The first-order valence-corrected chi connectivity index (χ1v) is 7.68. The minimum absolute atomic E-state index is 0.000311. The van der Waals surface area contributed by atoms with Crippen LogP contribution in [0.2, 0.25) is 0 Å². The first-order chi connectivity index (χ1) is 10.1. The van der Waals surface area contributed by atoms with Crippen LogP contribution in [-0.2, 0) is 11.8 Å². The molecule has 0 unspecified atom stereocenters. The Morgan fingerprint density at radius 2 is 2.33 bits per heavy atom. The maximum absolute atomic E-state index is 12.2. The summed E-state index contributed by atoms with van der Waals surface area (Å²) in [5, 5.41) is 7.05. The average molecular weight is 292 g/mol. The minimum atomic E-state index is -0.123. The fourth-order valence-electron chi connectivity index (χ4n) is 2.59. The third-order valence-corrected chi connectivity index (χ3v) is 3.94. The fourth-order valence-corrected chi connectivity index (χ4v) is 2.59. The number of amides is 1. The maximum Gasteiger partial charge on any atom is 0.268 e. The van der Waals surface area contributed by atoms with Gasteiger partial charge in [0.2, 0.25) is 5.91 Å². The number of rotatable bonds is 5. The van der Waals surface area contributed by atoms with E-state index in [9.17, 15) is 9.59 Å². The molecule has 1 aliphatic heterocycles. The van der Waals surface area contributed by atoms with Crippen LogP contribution >= 0.6 is 0 Å². The zero-order valence-electron chi connectivity index (χ0n) is 12.8. The van der Waals surface area contributed by atoms with Crippen molar-refractivity contribution < 1.29 is 4.79 Å². The number of carbonyl (C=O) groups excluding carboxylic acids is 1. The second kappa shape index (κ2) is 7.24. The molecule has 116 valence electrons. The molecular formula is C15H24N4O2. The molecule has 1 N–H and O–H groups in total. The third-order valence-electron chi connectivity index (χ3n) is 3.94. The summed E-state index contributed by atoms with van der Waals surface area (Å²) < 4.78 is 1.31. The van der Waals surface area contributed by atoms with Gasteiger partial charge in [-0.25, -0.2) is 4.68 Å².